The Labute approximate surface area is 114 Å². The van der Waals surface area contributed by atoms with Crippen LogP contribution in [0.3, 0.4) is 0 Å². The van der Waals surface area contributed by atoms with Crippen LogP contribution in [0.1, 0.15) is 13.8 Å². The molecule has 90 valence electrons. The number of thiocarbonyl (C=S) groups is 1. The molecule has 0 heterocycles. The molecule has 0 saturated carbocycles. The molecule has 0 amide bonds. The first-order chi connectivity index (χ1) is 7.91. The SMILES string of the molecule is CC(=O)C(C(=S)Nc1ccc(Br)cc1)=C(C)O. The maximum absolute atomic E-state index is 11.3. The van der Waals surface area contributed by atoms with Gasteiger partial charge in [-0.15, -0.1) is 0 Å². The lowest BCUT2D eigenvalue weighted by Gasteiger charge is -2.10. The second-order valence-corrected chi connectivity index (χ2v) is 4.80. The molecule has 0 atom stereocenters. The number of hydrogen-bond acceptors (Lipinski definition) is 3. The highest BCUT2D eigenvalue weighted by Gasteiger charge is 2.14. The highest BCUT2D eigenvalue weighted by molar-refractivity contribution is 9.10. The minimum atomic E-state index is -0.264. The van der Waals surface area contributed by atoms with E-state index in [-0.39, 0.29) is 22.1 Å². The molecule has 3 nitrogen and oxygen atoms in total. The Kier molecular flexibility index (Phi) is 4.84. The molecule has 1 rings (SSSR count). The van der Waals surface area contributed by atoms with Gasteiger partial charge in [-0.25, -0.2) is 0 Å². The van der Waals surface area contributed by atoms with Crippen LogP contribution in [0.4, 0.5) is 5.69 Å². The van der Waals surface area contributed by atoms with Crippen LogP contribution in [-0.4, -0.2) is 15.9 Å². The summed E-state index contributed by atoms with van der Waals surface area (Å²) in [7, 11) is 0. The number of ketones is 1. The van der Waals surface area contributed by atoms with Crippen molar-refractivity contribution in [2.24, 2.45) is 0 Å². The predicted molar refractivity (Wildman–Crippen MR) is 76.4 cm³/mol. The zero-order valence-electron chi connectivity index (χ0n) is 9.45. The van der Waals surface area contributed by atoms with Crippen LogP contribution in [0.25, 0.3) is 0 Å². The third-order valence-corrected chi connectivity index (χ3v) is 2.88. The number of hydrogen-bond donors (Lipinski definition) is 2. The summed E-state index contributed by atoms with van der Waals surface area (Å²) in [4.78, 5) is 11.5. The Hall–Kier alpha value is -1.20. The molecule has 5 heteroatoms. The molecule has 2 N–H and O–H groups in total. The highest BCUT2D eigenvalue weighted by atomic mass is 79.9. The number of Topliss-reactive ketones (excluding diaryl/α,β-unsaturated/α-hetero) is 1. The van der Waals surface area contributed by atoms with Gasteiger partial charge in [-0.1, -0.05) is 28.1 Å². The lowest BCUT2D eigenvalue weighted by Crippen LogP contribution is -2.18. The molecule has 1 aromatic rings. The van der Waals surface area contributed by atoms with Crippen LogP contribution in [0.15, 0.2) is 40.1 Å². The maximum atomic E-state index is 11.3. The number of halogens is 1. The van der Waals surface area contributed by atoms with E-state index in [1.807, 2.05) is 24.3 Å². The summed E-state index contributed by atoms with van der Waals surface area (Å²) in [6.07, 6.45) is 0. The van der Waals surface area contributed by atoms with Gasteiger partial charge >= 0.3 is 0 Å². The Morgan fingerprint density at radius 3 is 2.24 bits per heavy atom. The first-order valence-corrected chi connectivity index (χ1v) is 6.09. The number of allylic oxidation sites excluding steroid dienone is 1. The Morgan fingerprint density at radius 1 is 1.29 bits per heavy atom. The molecule has 0 fully saturated rings. The van der Waals surface area contributed by atoms with E-state index < -0.39 is 0 Å². The summed E-state index contributed by atoms with van der Waals surface area (Å²) in [6, 6.07) is 7.35. The summed E-state index contributed by atoms with van der Waals surface area (Å²) < 4.78 is 0.953. The van der Waals surface area contributed by atoms with Crippen molar-refractivity contribution in [2.75, 3.05) is 5.32 Å². The van der Waals surface area contributed by atoms with Gasteiger partial charge in [0.2, 0.25) is 0 Å². The van der Waals surface area contributed by atoms with Gasteiger partial charge in [-0.3, -0.25) is 4.79 Å². The molecule has 0 aromatic heterocycles. The molecule has 0 aliphatic rings. The number of anilines is 1. The zero-order valence-corrected chi connectivity index (χ0v) is 11.9. The quantitative estimate of drug-likeness (QED) is 0.508. The topological polar surface area (TPSA) is 49.3 Å². The van der Waals surface area contributed by atoms with Crippen molar-refractivity contribution in [1.82, 2.24) is 0 Å². The van der Waals surface area contributed by atoms with E-state index in [9.17, 15) is 9.90 Å². The first-order valence-electron chi connectivity index (χ1n) is 4.89. The van der Waals surface area contributed by atoms with Crippen LogP contribution in [0, 0.1) is 0 Å². The van der Waals surface area contributed by atoms with E-state index in [0.717, 1.165) is 10.2 Å². The summed E-state index contributed by atoms with van der Waals surface area (Å²) >= 11 is 8.40. The van der Waals surface area contributed by atoms with Gasteiger partial charge in [0.15, 0.2) is 5.78 Å². The maximum Gasteiger partial charge on any atom is 0.166 e. The van der Waals surface area contributed by atoms with E-state index >= 15 is 0 Å². The summed E-state index contributed by atoms with van der Waals surface area (Å²) in [5.74, 6) is -0.341. The van der Waals surface area contributed by atoms with Crippen LogP contribution in [0.2, 0.25) is 0 Å². The van der Waals surface area contributed by atoms with Gasteiger partial charge in [0, 0.05) is 10.2 Å². The first kappa shape index (κ1) is 13.9. The van der Waals surface area contributed by atoms with Gasteiger partial charge in [-0.2, -0.15) is 0 Å². The van der Waals surface area contributed by atoms with Gasteiger partial charge in [0.05, 0.1) is 5.57 Å². The van der Waals surface area contributed by atoms with Crippen molar-refractivity contribution in [3.63, 3.8) is 0 Å². The number of nitrogens with one attached hydrogen (secondary N) is 1. The highest BCUT2D eigenvalue weighted by Crippen LogP contribution is 2.16. The van der Waals surface area contributed by atoms with Crippen LogP contribution in [-0.2, 0) is 4.79 Å². The van der Waals surface area contributed by atoms with E-state index in [1.165, 1.54) is 13.8 Å². The van der Waals surface area contributed by atoms with Crippen molar-refractivity contribution >= 4 is 44.6 Å². The van der Waals surface area contributed by atoms with E-state index in [4.69, 9.17) is 12.2 Å². The lowest BCUT2D eigenvalue weighted by atomic mass is 10.1. The number of aliphatic hydroxyl groups excluding tert-OH is 1. The third kappa shape index (κ3) is 3.94. The minimum absolute atomic E-state index is 0.0767. The summed E-state index contributed by atoms with van der Waals surface area (Å²) in [5.41, 5.74) is 0.904. The Morgan fingerprint density at radius 2 is 1.82 bits per heavy atom. The largest absolute Gasteiger partial charge is 0.512 e. The molecule has 0 saturated heterocycles. The van der Waals surface area contributed by atoms with E-state index in [2.05, 4.69) is 21.2 Å². The third-order valence-electron chi connectivity index (χ3n) is 2.04. The molecule has 0 bridgehead atoms. The van der Waals surface area contributed by atoms with Crippen molar-refractivity contribution in [3.8, 4) is 0 Å². The average Bonchev–Trinajstić information content (AvgIpc) is 2.20. The second-order valence-electron chi connectivity index (χ2n) is 3.48. The predicted octanol–water partition coefficient (Wildman–Crippen LogP) is 3.61. The van der Waals surface area contributed by atoms with Crippen LogP contribution < -0.4 is 5.32 Å². The van der Waals surface area contributed by atoms with Gasteiger partial charge in [0.1, 0.15) is 10.7 Å². The molecule has 17 heavy (non-hydrogen) atoms. The molecule has 0 aliphatic carbocycles. The van der Waals surface area contributed by atoms with Crippen molar-refractivity contribution in [1.29, 1.82) is 0 Å². The summed E-state index contributed by atoms with van der Waals surface area (Å²) in [5, 5.41) is 12.3. The van der Waals surface area contributed by atoms with E-state index in [1.54, 1.807) is 0 Å². The molecule has 1 aromatic carbocycles. The number of rotatable bonds is 3. The molecule has 0 unspecified atom stereocenters. The van der Waals surface area contributed by atoms with E-state index in [0.29, 0.717) is 0 Å². The van der Waals surface area contributed by atoms with Gasteiger partial charge in [0.25, 0.3) is 0 Å². The van der Waals surface area contributed by atoms with Crippen LogP contribution in [0.5, 0.6) is 0 Å². The average molecular weight is 314 g/mol. The van der Waals surface area contributed by atoms with Crippen LogP contribution >= 0.6 is 28.1 Å². The molecular formula is C12H12BrNO2S. The van der Waals surface area contributed by atoms with Gasteiger partial charge < -0.3 is 10.4 Å². The molecular weight excluding hydrogens is 302 g/mol. The van der Waals surface area contributed by atoms with Gasteiger partial charge in [-0.05, 0) is 38.1 Å². The number of carbonyl (C=O) groups is 1. The summed E-state index contributed by atoms with van der Waals surface area (Å²) in [6.45, 7) is 2.80. The minimum Gasteiger partial charge on any atom is -0.512 e. The fourth-order valence-electron chi connectivity index (χ4n) is 1.31. The zero-order chi connectivity index (χ0) is 13.0. The lowest BCUT2D eigenvalue weighted by molar-refractivity contribution is -0.113. The van der Waals surface area contributed by atoms with Crippen molar-refractivity contribution in [2.45, 2.75) is 13.8 Å². The fraction of sp³-hybridized carbons (Fsp3) is 0.167. The number of benzene rings is 1. The standard InChI is InChI=1S/C12H12BrNO2S/c1-7(15)11(8(2)16)12(17)14-10-5-3-9(13)4-6-10/h3-6,15H,1-2H3,(H,14,17). The van der Waals surface area contributed by atoms with Crippen molar-refractivity contribution in [3.05, 3.63) is 40.1 Å². The molecule has 0 aliphatic heterocycles. The number of aliphatic hydroxyl groups is 1. The smallest absolute Gasteiger partial charge is 0.166 e. The monoisotopic (exact) mass is 313 g/mol. The second kappa shape index (κ2) is 5.93. The Balaban J connectivity index is 2.89. The number of carbonyl (C=O) groups excluding carboxylic acids is 1. The molecule has 0 spiro atoms. The van der Waals surface area contributed by atoms with Crippen molar-refractivity contribution < 1.29 is 9.90 Å². The normalized spacial score (nSPS) is 11.7. The fourth-order valence-corrected chi connectivity index (χ4v) is 1.98. The molecule has 0 radical (unpaired) electrons. The Bertz CT molecular complexity index is 476.